The number of azo groups is 1. The minimum absolute atomic E-state index is 0.0901. The van der Waals surface area contributed by atoms with Crippen molar-refractivity contribution in [3.8, 4) is 22.5 Å². The molecule has 0 saturated heterocycles. The molecule has 0 fully saturated rings. The summed E-state index contributed by atoms with van der Waals surface area (Å²) in [7, 11) is 0. The molecular formula is C23H17F2N3O. The van der Waals surface area contributed by atoms with Crippen LogP contribution >= 0.6 is 0 Å². The summed E-state index contributed by atoms with van der Waals surface area (Å²) in [5.74, 6) is -0.542. The average Bonchev–Trinajstić information content (AvgIpc) is 3.26. The molecule has 0 aliphatic carbocycles. The van der Waals surface area contributed by atoms with Crippen molar-refractivity contribution in [1.82, 2.24) is 4.98 Å². The van der Waals surface area contributed by atoms with Crippen molar-refractivity contribution in [2.75, 3.05) is 0 Å². The van der Waals surface area contributed by atoms with E-state index in [0.29, 0.717) is 11.4 Å². The SMILES string of the molecule is Cc1ccc(-c2cnco2)cc1-c1ccc(N=NCc2c(F)cccc2F)cc1. The van der Waals surface area contributed by atoms with Gasteiger partial charge in [0.05, 0.1) is 18.4 Å². The summed E-state index contributed by atoms with van der Waals surface area (Å²) in [4.78, 5) is 3.96. The highest BCUT2D eigenvalue weighted by Gasteiger charge is 2.08. The number of aromatic nitrogens is 1. The Bertz CT molecular complexity index is 1130. The summed E-state index contributed by atoms with van der Waals surface area (Å²) in [6.45, 7) is 1.88. The maximum absolute atomic E-state index is 13.6. The highest BCUT2D eigenvalue weighted by Crippen LogP contribution is 2.30. The van der Waals surface area contributed by atoms with Gasteiger partial charge in [0.2, 0.25) is 0 Å². The van der Waals surface area contributed by atoms with Gasteiger partial charge in [-0.25, -0.2) is 13.8 Å². The maximum Gasteiger partial charge on any atom is 0.181 e. The quantitative estimate of drug-likeness (QED) is 0.349. The Morgan fingerprint density at radius 3 is 2.34 bits per heavy atom. The molecule has 1 aromatic heterocycles. The lowest BCUT2D eigenvalue weighted by atomic mass is 9.97. The van der Waals surface area contributed by atoms with E-state index in [9.17, 15) is 8.78 Å². The monoisotopic (exact) mass is 389 g/mol. The van der Waals surface area contributed by atoms with Crippen LogP contribution in [0.25, 0.3) is 22.5 Å². The summed E-state index contributed by atoms with van der Waals surface area (Å²) in [6, 6.07) is 17.3. The average molecular weight is 389 g/mol. The Morgan fingerprint density at radius 2 is 1.66 bits per heavy atom. The molecular weight excluding hydrogens is 372 g/mol. The van der Waals surface area contributed by atoms with E-state index in [1.807, 2.05) is 49.4 Å². The molecule has 0 unspecified atom stereocenters. The van der Waals surface area contributed by atoms with Crippen molar-refractivity contribution < 1.29 is 13.2 Å². The van der Waals surface area contributed by atoms with E-state index < -0.39 is 11.6 Å². The number of oxazole rings is 1. The fourth-order valence-electron chi connectivity index (χ4n) is 3.02. The smallest absolute Gasteiger partial charge is 0.181 e. The molecule has 0 aliphatic heterocycles. The molecule has 0 bridgehead atoms. The van der Waals surface area contributed by atoms with E-state index in [1.165, 1.54) is 24.6 Å². The zero-order valence-electron chi connectivity index (χ0n) is 15.6. The van der Waals surface area contributed by atoms with Crippen LogP contribution in [0.15, 0.2) is 87.9 Å². The first-order valence-electron chi connectivity index (χ1n) is 9.02. The second kappa shape index (κ2) is 8.14. The first-order chi connectivity index (χ1) is 14.1. The fourth-order valence-corrected chi connectivity index (χ4v) is 3.02. The number of halogens is 2. The number of hydrogen-bond donors (Lipinski definition) is 0. The van der Waals surface area contributed by atoms with Crippen LogP contribution in [-0.4, -0.2) is 4.98 Å². The molecule has 4 rings (SSSR count). The Balaban J connectivity index is 1.53. The van der Waals surface area contributed by atoms with E-state index >= 15 is 0 Å². The first-order valence-corrected chi connectivity index (χ1v) is 9.02. The van der Waals surface area contributed by atoms with Crippen molar-refractivity contribution in [2.24, 2.45) is 10.2 Å². The lowest BCUT2D eigenvalue weighted by Crippen LogP contribution is -1.92. The number of rotatable bonds is 5. The summed E-state index contributed by atoms with van der Waals surface area (Å²) in [5, 5.41) is 7.99. The molecule has 0 atom stereocenters. The predicted octanol–water partition coefficient (Wildman–Crippen LogP) is 6.88. The van der Waals surface area contributed by atoms with Crippen LogP contribution in [0.3, 0.4) is 0 Å². The third-order valence-corrected chi connectivity index (χ3v) is 4.61. The molecule has 0 radical (unpaired) electrons. The molecule has 4 aromatic rings. The van der Waals surface area contributed by atoms with Gasteiger partial charge in [-0.05, 0) is 53.9 Å². The van der Waals surface area contributed by atoms with Crippen LogP contribution in [0.2, 0.25) is 0 Å². The van der Waals surface area contributed by atoms with Crippen LogP contribution in [0.5, 0.6) is 0 Å². The van der Waals surface area contributed by atoms with Crippen LogP contribution in [0.1, 0.15) is 11.1 Å². The third kappa shape index (κ3) is 4.11. The van der Waals surface area contributed by atoms with Gasteiger partial charge in [-0.15, -0.1) is 0 Å². The van der Waals surface area contributed by atoms with Gasteiger partial charge in [-0.3, -0.25) is 0 Å². The molecule has 4 nitrogen and oxygen atoms in total. The van der Waals surface area contributed by atoms with Gasteiger partial charge in [-0.1, -0.05) is 30.3 Å². The molecule has 6 heteroatoms. The van der Waals surface area contributed by atoms with Crippen LogP contribution in [-0.2, 0) is 6.54 Å². The number of aryl methyl sites for hydroxylation is 1. The number of hydrogen-bond acceptors (Lipinski definition) is 4. The summed E-state index contributed by atoms with van der Waals surface area (Å²) in [6.07, 6.45) is 3.08. The molecule has 0 aliphatic rings. The molecule has 144 valence electrons. The van der Waals surface area contributed by atoms with E-state index in [-0.39, 0.29) is 12.1 Å². The minimum atomic E-state index is -0.624. The molecule has 0 amide bonds. The van der Waals surface area contributed by atoms with Gasteiger partial charge in [-0.2, -0.15) is 10.2 Å². The summed E-state index contributed by atoms with van der Waals surface area (Å²) in [5.41, 5.74) is 4.66. The first kappa shape index (κ1) is 18.7. The van der Waals surface area contributed by atoms with Crippen molar-refractivity contribution in [1.29, 1.82) is 0 Å². The lowest BCUT2D eigenvalue weighted by molar-refractivity contribution is 0.555. The molecule has 3 aromatic carbocycles. The van der Waals surface area contributed by atoms with Gasteiger partial charge in [0.15, 0.2) is 12.2 Å². The Morgan fingerprint density at radius 1 is 0.931 bits per heavy atom. The van der Waals surface area contributed by atoms with Crippen molar-refractivity contribution in [3.05, 3.63) is 96.0 Å². The minimum Gasteiger partial charge on any atom is -0.444 e. The summed E-state index contributed by atoms with van der Waals surface area (Å²) >= 11 is 0. The molecule has 0 saturated carbocycles. The van der Waals surface area contributed by atoms with E-state index in [4.69, 9.17) is 4.42 Å². The van der Waals surface area contributed by atoms with Crippen molar-refractivity contribution in [3.63, 3.8) is 0 Å². The zero-order chi connectivity index (χ0) is 20.2. The number of nitrogens with zero attached hydrogens (tertiary/aromatic N) is 3. The summed E-state index contributed by atoms with van der Waals surface area (Å²) < 4.78 is 32.6. The van der Waals surface area contributed by atoms with Crippen LogP contribution in [0.4, 0.5) is 14.5 Å². The molecule has 29 heavy (non-hydrogen) atoms. The fraction of sp³-hybridized carbons (Fsp3) is 0.0870. The van der Waals surface area contributed by atoms with Gasteiger partial charge >= 0.3 is 0 Å². The second-order valence-electron chi connectivity index (χ2n) is 6.54. The van der Waals surface area contributed by atoms with Crippen molar-refractivity contribution >= 4 is 5.69 Å². The van der Waals surface area contributed by atoms with Crippen LogP contribution < -0.4 is 0 Å². The Labute approximate surface area is 166 Å². The second-order valence-corrected chi connectivity index (χ2v) is 6.54. The van der Waals surface area contributed by atoms with Gasteiger partial charge < -0.3 is 4.42 Å². The van der Waals surface area contributed by atoms with Gasteiger partial charge in [0, 0.05) is 11.1 Å². The van der Waals surface area contributed by atoms with Crippen LogP contribution in [0, 0.1) is 18.6 Å². The maximum atomic E-state index is 13.6. The van der Waals surface area contributed by atoms with E-state index in [1.54, 1.807) is 6.20 Å². The van der Waals surface area contributed by atoms with Gasteiger partial charge in [0.1, 0.15) is 11.6 Å². The highest BCUT2D eigenvalue weighted by atomic mass is 19.1. The van der Waals surface area contributed by atoms with Crippen molar-refractivity contribution in [2.45, 2.75) is 13.5 Å². The topological polar surface area (TPSA) is 50.8 Å². The Hall–Kier alpha value is -3.67. The third-order valence-electron chi connectivity index (χ3n) is 4.61. The molecule has 0 spiro atoms. The largest absolute Gasteiger partial charge is 0.444 e. The molecule has 1 heterocycles. The van der Waals surface area contributed by atoms with E-state index in [2.05, 4.69) is 15.2 Å². The molecule has 0 N–H and O–H groups in total. The van der Waals surface area contributed by atoms with E-state index in [0.717, 1.165) is 22.3 Å². The normalized spacial score (nSPS) is 11.3. The highest BCUT2D eigenvalue weighted by molar-refractivity contribution is 5.74. The predicted molar refractivity (Wildman–Crippen MR) is 107 cm³/mol. The Kier molecular flexibility index (Phi) is 5.24. The zero-order valence-corrected chi connectivity index (χ0v) is 15.6. The lowest BCUT2D eigenvalue weighted by Gasteiger charge is -2.08. The number of benzene rings is 3. The van der Waals surface area contributed by atoms with Gasteiger partial charge in [0.25, 0.3) is 0 Å². The standard InChI is InChI=1S/C23H17F2N3O/c1-15-5-6-17(23-13-26-14-29-23)11-19(15)16-7-9-18(10-8-16)28-27-12-20-21(24)3-2-4-22(20)25/h2-11,13-14H,12H2,1H3.